The number of halogens is 1. The molecule has 6 atom stereocenters. The van der Waals surface area contributed by atoms with Gasteiger partial charge >= 0.3 is 5.97 Å². The molecule has 226 valence electrons. The maximum Gasteiger partial charge on any atom is 0.313 e. The number of ether oxygens (including phenoxy) is 2. The number of carbonyl (C=O) groups is 3. The molecule has 4 aliphatic heterocycles. The molecule has 2 aromatic rings. The van der Waals surface area contributed by atoms with Gasteiger partial charge in [-0.05, 0) is 49.8 Å². The van der Waals surface area contributed by atoms with Crippen LogP contribution < -0.4 is 4.90 Å². The van der Waals surface area contributed by atoms with Crippen molar-refractivity contribution >= 4 is 35.1 Å². The highest BCUT2D eigenvalue weighted by Gasteiger charge is 2.76. The number of carbonyl (C=O) groups excluding carboxylic acids is 3. The van der Waals surface area contributed by atoms with Crippen LogP contribution in [-0.4, -0.2) is 70.8 Å². The number of allylic oxidation sites excluding steroid dienone is 1. The molecule has 0 radical (unpaired) electrons. The lowest BCUT2D eigenvalue weighted by Gasteiger charge is -2.41. The van der Waals surface area contributed by atoms with E-state index in [0.29, 0.717) is 36.4 Å². The van der Waals surface area contributed by atoms with Gasteiger partial charge in [-0.2, -0.15) is 0 Å². The fourth-order valence-corrected chi connectivity index (χ4v) is 7.83. The largest absolute Gasteiger partial charge is 0.465 e. The van der Waals surface area contributed by atoms with E-state index < -0.39 is 47.0 Å². The number of aliphatic hydroxyl groups is 1. The summed E-state index contributed by atoms with van der Waals surface area (Å²) in [6.07, 6.45) is 9.62. The molecule has 2 aromatic carbocycles. The number of fused-ring (bicyclic) bond motifs is 2. The van der Waals surface area contributed by atoms with Gasteiger partial charge in [-0.25, -0.2) is 0 Å². The zero-order chi connectivity index (χ0) is 30.4. The number of amides is 2. The van der Waals surface area contributed by atoms with Crippen molar-refractivity contribution in [2.45, 2.75) is 62.8 Å². The first kappa shape index (κ1) is 29.6. The lowest BCUT2D eigenvalue weighted by Crippen LogP contribution is -2.59. The predicted molar refractivity (Wildman–Crippen MR) is 162 cm³/mol. The van der Waals surface area contributed by atoms with Crippen LogP contribution in [0.3, 0.4) is 0 Å². The number of para-hydroxylation sites is 1. The zero-order valence-electron chi connectivity index (χ0n) is 24.4. The monoisotopic (exact) mass is 604 g/mol. The molecule has 9 heteroatoms. The Morgan fingerprint density at radius 1 is 1.02 bits per heavy atom. The number of aliphatic hydroxyl groups excluding tert-OH is 1. The number of hydrogen-bond acceptors (Lipinski definition) is 6. The highest BCUT2D eigenvalue weighted by molar-refractivity contribution is 6.34. The van der Waals surface area contributed by atoms with Gasteiger partial charge < -0.3 is 24.4 Å². The minimum Gasteiger partial charge on any atom is -0.465 e. The minimum absolute atomic E-state index is 0.201. The zero-order valence-corrected chi connectivity index (χ0v) is 25.2. The van der Waals surface area contributed by atoms with Crippen LogP contribution in [0.15, 0.2) is 72.8 Å². The number of cyclic esters (lactones) is 1. The van der Waals surface area contributed by atoms with E-state index in [2.05, 4.69) is 0 Å². The first-order chi connectivity index (χ1) is 20.8. The molecule has 2 saturated heterocycles. The highest BCUT2D eigenvalue weighted by Crippen LogP contribution is 2.59. The summed E-state index contributed by atoms with van der Waals surface area (Å²) in [5, 5.41) is 11.2. The Balaban J connectivity index is 1.54. The first-order valence-electron chi connectivity index (χ1n) is 15.0. The quantitative estimate of drug-likeness (QED) is 0.388. The number of likely N-dealkylation sites (tertiary alicyclic amines) is 1. The van der Waals surface area contributed by atoms with Crippen LogP contribution in [0, 0.1) is 18.8 Å². The van der Waals surface area contributed by atoms with E-state index in [0.717, 1.165) is 11.1 Å². The van der Waals surface area contributed by atoms with Crippen LogP contribution in [-0.2, 0) is 30.3 Å². The van der Waals surface area contributed by atoms with E-state index in [1.165, 1.54) is 4.90 Å². The van der Waals surface area contributed by atoms with Crippen LogP contribution >= 0.6 is 11.6 Å². The molecular formula is C34H37ClN2O6. The predicted octanol–water partition coefficient (Wildman–Crippen LogP) is 4.41. The summed E-state index contributed by atoms with van der Waals surface area (Å²) in [5.74, 6) is -3.27. The van der Waals surface area contributed by atoms with Crippen LogP contribution in [0.1, 0.15) is 37.3 Å². The van der Waals surface area contributed by atoms with E-state index in [-0.39, 0.29) is 25.7 Å². The van der Waals surface area contributed by atoms with Crippen molar-refractivity contribution in [1.82, 2.24) is 4.90 Å². The fraction of sp³-hybridized carbons (Fsp3) is 0.441. The Labute approximate surface area is 256 Å². The highest BCUT2D eigenvalue weighted by atomic mass is 35.5. The van der Waals surface area contributed by atoms with Crippen LogP contribution in [0.2, 0.25) is 5.02 Å². The average Bonchev–Trinajstić information content (AvgIpc) is 3.39. The number of aryl methyl sites for hydroxylation is 1. The van der Waals surface area contributed by atoms with Crippen molar-refractivity contribution in [3.05, 3.63) is 89.0 Å². The number of anilines is 1. The lowest BCUT2D eigenvalue weighted by molar-refractivity contribution is -0.161. The fourth-order valence-electron chi connectivity index (χ4n) is 7.51. The van der Waals surface area contributed by atoms with Gasteiger partial charge in [-0.3, -0.25) is 14.4 Å². The molecule has 0 saturated carbocycles. The first-order valence-corrected chi connectivity index (χ1v) is 15.4. The van der Waals surface area contributed by atoms with E-state index >= 15 is 0 Å². The van der Waals surface area contributed by atoms with Gasteiger partial charge in [-0.1, -0.05) is 85.3 Å². The summed E-state index contributed by atoms with van der Waals surface area (Å²) in [6.45, 7) is 3.87. The van der Waals surface area contributed by atoms with Crippen LogP contribution in [0.5, 0.6) is 0 Å². The van der Waals surface area contributed by atoms with Gasteiger partial charge in [0.25, 0.3) is 5.91 Å². The molecule has 2 fully saturated rings. The van der Waals surface area contributed by atoms with Crippen molar-refractivity contribution in [2.24, 2.45) is 11.8 Å². The molecule has 6 rings (SSSR count). The van der Waals surface area contributed by atoms with Gasteiger partial charge in [0, 0.05) is 6.54 Å². The second kappa shape index (κ2) is 11.6. The molecular weight excluding hydrogens is 568 g/mol. The smallest absolute Gasteiger partial charge is 0.313 e. The molecule has 2 amide bonds. The third-order valence-corrected chi connectivity index (χ3v) is 9.75. The normalized spacial score (nSPS) is 31.7. The van der Waals surface area contributed by atoms with E-state index in [1.54, 1.807) is 17.0 Å². The van der Waals surface area contributed by atoms with E-state index in [1.807, 2.05) is 74.5 Å². The number of nitrogens with zero attached hydrogens (tertiary/aromatic N) is 2. The summed E-state index contributed by atoms with van der Waals surface area (Å²) in [5.41, 5.74) is -0.335. The standard InChI is InChI=1S/C34H37ClN2O6/c1-3-33-16-8-5-9-19-42-32(41)27(33)26-30(39)37(24(21-38)20-23-13-6-4-7-14-23)29-31(40)36(18-11-17-34(26,29)43-33)28-22(2)12-10-15-25(28)35/h4,6-8,10-17,24,26-27,29,38H,3,5,9,18-21H2,1-2H3/b16-8-/t24-,26+,27+,29?,33-,34+/m1/s1. The molecule has 1 spiro atoms. The minimum atomic E-state index is -1.47. The molecule has 4 heterocycles. The Kier molecular flexibility index (Phi) is 7.96. The van der Waals surface area contributed by atoms with Crippen molar-refractivity contribution < 1.29 is 29.0 Å². The summed E-state index contributed by atoms with van der Waals surface area (Å²) in [6, 6.07) is 13.1. The van der Waals surface area contributed by atoms with E-state index in [4.69, 9.17) is 21.1 Å². The van der Waals surface area contributed by atoms with Crippen LogP contribution in [0.4, 0.5) is 5.69 Å². The van der Waals surface area contributed by atoms with Gasteiger partial charge in [0.05, 0.1) is 35.9 Å². The second-order valence-corrected chi connectivity index (χ2v) is 12.3. The summed E-state index contributed by atoms with van der Waals surface area (Å²) in [7, 11) is 0. The summed E-state index contributed by atoms with van der Waals surface area (Å²) in [4.78, 5) is 46.6. The second-order valence-electron chi connectivity index (χ2n) is 11.9. The van der Waals surface area contributed by atoms with Gasteiger partial charge in [0.15, 0.2) is 0 Å². The molecule has 1 unspecified atom stereocenters. The summed E-state index contributed by atoms with van der Waals surface area (Å²) < 4.78 is 12.7. The Morgan fingerprint density at radius 3 is 2.53 bits per heavy atom. The van der Waals surface area contributed by atoms with Gasteiger partial charge in [-0.15, -0.1) is 0 Å². The summed E-state index contributed by atoms with van der Waals surface area (Å²) >= 11 is 6.67. The SMILES string of the molecule is CC[C@@]12/C=C\CCCOC(=O)[C@@H]1[C@H]1C(=O)N([C@@H](CO)Cc3ccccc3)C3C(=O)N(c4c(C)cccc4Cl)CC=C[C@@]31O2. The van der Waals surface area contributed by atoms with Crippen LogP contribution in [0.25, 0.3) is 0 Å². The Morgan fingerprint density at radius 2 is 1.81 bits per heavy atom. The number of rotatable bonds is 6. The molecule has 0 aliphatic carbocycles. The number of hydrogen-bond donors (Lipinski definition) is 1. The average molecular weight is 605 g/mol. The molecule has 4 aliphatic rings. The van der Waals surface area contributed by atoms with Gasteiger partial charge in [0.2, 0.25) is 5.91 Å². The van der Waals surface area contributed by atoms with Crippen molar-refractivity contribution in [3.8, 4) is 0 Å². The lowest BCUT2D eigenvalue weighted by atomic mass is 9.73. The Hall–Kier alpha value is -3.46. The van der Waals surface area contributed by atoms with Crippen molar-refractivity contribution in [1.29, 1.82) is 0 Å². The van der Waals surface area contributed by atoms with Crippen molar-refractivity contribution in [2.75, 3.05) is 24.7 Å². The molecule has 43 heavy (non-hydrogen) atoms. The maximum absolute atomic E-state index is 14.9. The molecule has 8 nitrogen and oxygen atoms in total. The third kappa shape index (κ3) is 4.71. The van der Waals surface area contributed by atoms with Crippen molar-refractivity contribution in [3.63, 3.8) is 0 Å². The molecule has 0 bridgehead atoms. The molecule has 1 N–H and O–H groups in total. The number of benzene rings is 2. The molecule has 0 aromatic heterocycles. The van der Waals surface area contributed by atoms with E-state index in [9.17, 15) is 19.5 Å². The Bertz CT molecular complexity index is 1460. The topological polar surface area (TPSA) is 96.4 Å². The maximum atomic E-state index is 14.9. The third-order valence-electron chi connectivity index (χ3n) is 9.45. The number of esters is 1. The van der Waals surface area contributed by atoms with Gasteiger partial charge in [0.1, 0.15) is 23.2 Å².